The van der Waals surface area contributed by atoms with E-state index in [9.17, 15) is 0 Å². The molecule has 0 amide bonds. The van der Waals surface area contributed by atoms with Gasteiger partial charge in [0.25, 0.3) is 0 Å². The molecule has 0 aromatic carbocycles. The molecule has 0 bridgehead atoms. The molecule has 0 heterocycles. The lowest BCUT2D eigenvalue weighted by atomic mass is 8.26. The van der Waals surface area contributed by atoms with E-state index in [1.54, 1.807) is 0 Å². The van der Waals surface area contributed by atoms with Crippen LogP contribution < -0.4 is 0 Å². The predicted molar refractivity (Wildman–Crippen MR) is 194 cm³/mol. The maximum absolute atomic E-state index is 3.21. The van der Waals surface area contributed by atoms with Crippen LogP contribution in [0.15, 0.2) is 12.2 Å². The molecule has 0 heteroatoms. The Kier molecular flexibility index (Phi) is 0.932. The lowest BCUT2D eigenvalue weighted by Gasteiger charge is -3.76. The highest BCUT2D eigenvalue weighted by Gasteiger charge is 3.80. The minimum absolute atomic E-state index is 0.976. The van der Waals surface area contributed by atoms with Crippen LogP contribution >= 0.6 is 0 Å². The first kappa shape index (κ1) is 20.7. The van der Waals surface area contributed by atoms with Crippen molar-refractivity contribution in [3.63, 3.8) is 0 Å². The SMILES string of the molecule is C1=CC2C3C4C5C6C7CC8C9C%10C%11C%12C%13CC%14C%15C%16C%17C%18C%19CC%20C%21C%22C%23C%24C1C21C%242C%23%24C%22%23C%21%22C%20%19C%18%19C%17%18C%16%17C%15%16C%14%13C%12%13C%11%12C%10%11C9%10C78C67C56C45C31C21C%242C%233C%22%19C%184C%178C%16%13C%129C%11%12C7%10C67C51C21C34C89C7%121. The van der Waals surface area contributed by atoms with Crippen LogP contribution in [0.1, 0.15) is 19.3 Å². The minimum atomic E-state index is 0.976. The van der Waals surface area contributed by atoms with Crippen molar-refractivity contribution >= 4 is 0 Å². The van der Waals surface area contributed by atoms with Crippen molar-refractivity contribution in [3.8, 4) is 0 Å². The van der Waals surface area contributed by atoms with Crippen molar-refractivity contribution in [1.82, 2.24) is 0 Å². The molecule has 0 aliphatic heterocycles. The molecule has 48 saturated carbocycles. The van der Waals surface area contributed by atoms with E-state index in [1.165, 1.54) is 142 Å². The van der Waals surface area contributed by atoms with E-state index >= 15 is 0 Å². The van der Waals surface area contributed by atoms with Crippen molar-refractivity contribution in [3.05, 3.63) is 12.2 Å². The maximum Gasteiger partial charge on any atom is -0.0000253 e. The smallest absolute Gasteiger partial charge is 0.0000253 e. The second-order valence-corrected chi connectivity index (χ2v) is 42.6. The predicted octanol–water partition coefficient (Wildman–Crippen LogP) is 4.68. The van der Waals surface area contributed by atoms with Gasteiger partial charge in [0.05, 0.1) is 0 Å². The highest BCUT2D eigenvalue weighted by molar-refractivity contribution is 6.24. The van der Waals surface area contributed by atoms with Crippen LogP contribution in [0.4, 0.5) is 0 Å². The van der Waals surface area contributed by atoms with Gasteiger partial charge in [0.15, 0.2) is 0 Å². The molecule has 0 N–H and O–H groups in total. The molecule has 48 fully saturated rings. The Balaban J connectivity index is 0.775. The third kappa shape index (κ3) is 0.399. The summed E-state index contributed by atoms with van der Waals surface area (Å²) in [6.45, 7) is 0. The second kappa shape index (κ2) is 2.93. The molecule has 54 unspecified atom stereocenters. The third-order valence-electron chi connectivity index (χ3n) is 58.3. The number of hydrogen-bond donors (Lipinski definition) is 0. The molecule has 36 spiro atoms. The van der Waals surface area contributed by atoms with Gasteiger partial charge in [-0.1, -0.05) is 12.2 Å². The topological polar surface area (TPSA) is 0 Å². The van der Waals surface area contributed by atoms with E-state index in [4.69, 9.17) is 0 Å². The summed E-state index contributed by atoms with van der Waals surface area (Å²) >= 11 is 0. The highest BCUT2D eigenvalue weighted by Crippen LogP contribution is 3.81. The summed E-state index contributed by atoms with van der Waals surface area (Å²) in [5.74, 6) is 33.1. The summed E-state index contributed by atoms with van der Waals surface area (Å²) in [4.78, 5) is 0. The van der Waals surface area contributed by atoms with Crippen LogP contribution in [0.2, 0.25) is 0 Å². The molecule has 0 saturated heterocycles. The Morgan fingerprint density at radius 2 is 0.400 bits per heavy atom. The Bertz CT molecular complexity index is 4550. The standard InChI is InChI=1S/C65H32/c1-2-7-15-23-25-17-9-4-11-19-27-29-21-13-5-12-20-28-26-18-10-3-8-16-24-22-14-6(1)30(7)34(14)42(22)44(24)36(16)31(8,10)38(18)46(26)48(28)40(20)33(12,13)41(21)49(29)47(27)39(19)32(9,11)37(17)45(25)43(23)35(15,30)50(34)54(42)56(44)51(36,38)58(46)60(48)53(40,41)61(49)59(47)52(37,39)57(45)55(43,50)62(54)63(56,58)65(60,61)64(57,59)62/h1-2,6-29H,3-5H2. The van der Waals surface area contributed by atoms with Gasteiger partial charge in [0.1, 0.15) is 0 Å². The van der Waals surface area contributed by atoms with E-state index < -0.39 is 0 Å². The molecule has 0 nitrogen and oxygen atoms in total. The number of fused-ring (bicyclic) bond motifs is 20. The fourth-order valence-electron chi connectivity index (χ4n) is 76.2. The number of hydrogen-bond acceptors (Lipinski definition) is 0. The highest BCUT2D eigenvalue weighted by atomic mass is 15.8. The molecule has 65 heavy (non-hydrogen) atoms. The van der Waals surface area contributed by atoms with E-state index in [1.807, 2.05) is 19.3 Å². The Hall–Kier alpha value is -0.260. The van der Waals surface area contributed by atoms with Gasteiger partial charge in [0, 0.05) is 0 Å². The Morgan fingerprint density at radius 3 is 0.646 bits per heavy atom. The van der Waals surface area contributed by atoms with E-state index in [-0.39, 0.29) is 0 Å². The van der Waals surface area contributed by atoms with Gasteiger partial charge in [-0.3, -0.25) is 0 Å². The summed E-state index contributed by atoms with van der Waals surface area (Å²) in [6.07, 6.45) is 12.1. The van der Waals surface area contributed by atoms with Gasteiger partial charge in [0.2, 0.25) is 0 Å². The summed E-state index contributed by atoms with van der Waals surface area (Å²) in [6, 6.07) is 0. The quantitative estimate of drug-likeness (QED) is 0.313. The lowest BCUT2D eigenvalue weighted by Crippen LogP contribution is -3.75. The van der Waals surface area contributed by atoms with Crippen molar-refractivity contribution in [2.75, 3.05) is 0 Å². The summed E-state index contributed by atoms with van der Waals surface area (Å²) in [5, 5.41) is 0. The van der Waals surface area contributed by atoms with Crippen molar-refractivity contribution < 1.29 is 0 Å². The number of rotatable bonds is 0. The monoisotopic (exact) mass is 812 g/mol. The van der Waals surface area contributed by atoms with Crippen LogP contribution in [-0.2, 0) is 0 Å². The molecule has 0 radical (unpaired) electrons. The number of allylic oxidation sites excluding steroid dienone is 2. The van der Waals surface area contributed by atoms with Crippen molar-refractivity contribution in [1.29, 1.82) is 0 Å². The largest absolute Gasteiger partial charge is 0.0842 e. The van der Waals surface area contributed by atoms with E-state index in [2.05, 4.69) is 12.2 Å². The first-order valence-electron chi connectivity index (χ1n) is 32.0. The molecule has 49 aliphatic rings. The average molecular weight is 813 g/mol. The molecular weight excluding hydrogens is 781 g/mol. The van der Waals surface area contributed by atoms with Crippen molar-refractivity contribution in [2.24, 2.45) is 337 Å². The average Bonchev–Trinajstić information content (AvgIpc) is 3.50. The molecule has 49 aliphatic carbocycles. The molecule has 54 atom stereocenters. The molecule has 292 valence electrons. The zero-order valence-electron chi connectivity index (χ0n) is 35.1. The molecule has 0 aromatic heterocycles. The zero-order chi connectivity index (χ0) is 35.4. The van der Waals surface area contributed by atoms with Crippen LogP contribution in [0.25, 0.3) is 0 Å². The fourth-order valence-corrected chi connectivity index (χ4v) is 76.2. The minimum Gasteiger partial charge on any atom is -0.0842 e. The molecular formula is C65H32. The second-order valence-electron chi connectivity index (χ2n) is 42.6. The zero-order valence-corrected chi connectivity index (χ0v) is 35.1. The fraction of sp³-hybridized carbons (Fsp3) is 0.969. The Labute approximate surface area is 366 Å². The summed E-state index contributed by atoms with van der Waals surface area (Å²) in [5.41, 5.74) is 40.3. The summed E-state index contributed by atoms with van der Waals surface area (Å²) in [7, 11) is 0. The van der Waals surface area contributed by atoms with Crippen LogP contribution in [0, 0.1) is 337 Å². The van der Waals surface area contributed by atoms with Gasteiger partial charge < -0.3 is 0 Å². The first-order chi connectivity index (χ1) is 32.4. The van der Waals surface area contributed by atoms with Crippen LogP contribution in [0.5, 0.6) is 0 Å². The Morgan fingerprint density at radius 1 is 0.185 bits per heavy atom. The van der Waals surface area contributed by atoms with E-state index in [0.29, 0.717) is 0 Å². The van der Waals surface area contributed by atoms with Crippen molar-refractivity contribution in [2.45, 2.75) is 19.3 Å². The molecule has 49 rings (SSSR count). The first-order valence-corrected chi connectivity index (χ1v) is 32.0. The van der Waals surface area contributed by atoms with Gasteiger partial charge in [-0.15, -0.1) is 0 Å². The van der Waals surface area contributed by atoms with Gasteiger partial charge >= 0.3 is 0 Å². The summed E-state index contributed by atoms with van der Waals surface area (Å²) < 4.78 is 0. The normalized spacial score (nSPS) is 148. The molecule has 0 aromatic rings. The van der Waals surface area contributed by atoms with Crippen LogP contribution in [0.3, 0.4) is 0 Å². The van der Waals surface area contributed by atoms with E-state index in [0.717, 1.165) is 195 Å². The van der Waals surface area contributed by atoms with Crippen LogP contribution in [-0.4, -0.2) is 0 Å². The lowest BCUT2D eigenvalue weighted by molar-refractivity contribution is -1.32. The van der Waals surface area contributed by atoms with Gasteiger partial charge in [-0.05, 0) is 356 Å². The maximum atomic E-state index is 3.21. The third-order valence-corrected chi connectivity index (χ3v) is 58.3. The van der Waals surface area contributed by atoms with Gasteiger partial charge in [-0.2, -0.15) is 0 Å². The van der Waals surface area contributed by atoms with Gasteiger partial charge in [-0.25, -0.2) is 0 Å².